The summed E-state index contributed by atoms with van der Waals surface area (Å²) >= 11 is 5.22. The first-order valence-corrected chi connectivity index (χ1v) is 8.04. The van der Waals surface area contributed by atoms with Gasteiger partial charge in [-0.05, 0) is 35.9 Å². The molecule has 0 saturated carbocycles. The fourth-order valence-corrected chi connectivity index (χ4v) is 3.48. The van der Waals surface area contributed by atoms with Crippen LogP contribution in [0.1, 0.15) is 11.6 Å². The Morgan fingerprint density at radius 2 is 2.00 bits per heavy atom. The zero-order chi connectivity index (χ0) is 13.9. The summed E-state index contributed by atoms with van der Waals surface area (Å²) in [5.74, 6) is 2.39. The lowest BCUT2D eigenvalue weighted by molar-refractivity contribution is 0.174. The molecule has 0 aliphatic carbocycles. The highest BCUT2D eigenvalue weighted by Crippen LogP contribution is 2.35. The Balaban J connectivity index is 1.66. The van der Waals surface area contributed by atoms with Crippen molar-refractivity contribution in [3.05, 3.63) is 52.5 Å². The van der Waals surface area contributed by atoms with E-state index in [4.69, 9.17) is 15.2 Å². The van der Waals surface area contributed by atoms with E-state index >= 15 is 0 Å². The second kappa shape index (κ2) is 6.08. The highest BCUT2D eigenvalue weighted by Gasteiger charge is 2.16. The second-order valence-corrected chi connectivity index (χ2v) is 6.50. The number of hydrogen-bond donors (Lipinski definition) is 1. The van der Waals surface area contributed by atoms with Gasteiger partial charge >= 0.3 is 0 Å². The maximum absolute atomic E-state index is 6.25. The second-order valence-electron chi connectivity index (χ2n) is 4.49. The van der Waals surface area contributed by atoms with Gasteiger partial charge in [0.25, 0.3) is 0 Å². The van der Waals surface area contributed by atoms with Crippen LogP contribution in [0.5, 0.6) is 11.5 Å². The number of nitrogens with two attached hydrogens (primary N) is 1. The van der Waals surface area contributed by atoms with Crippen LogP contribution < -0.4 is 15.2 Å². The average Bonchev–Trinajstić information content (AvgIpc) is 2.92. The molecule has 0 saturated heterocycles. The van der Waals surface area contributed by atoms with Crippen LogP contribution in [-0.4, -0.2) is 12.5 Å². The van der Waals surface area contributed by atoms with E-state index in [9.17, 15) is 0 Å². The van der Waals surface area contributed by atoms with Crippen LogP contribution in [0, 0.1) is 0 Å². The van der Waals surface area contributed by atoms with Gasteiger partial charge in [0.2, 0.25) is 6.79 Å². The first kappa shape index (κ1) is 13.8. The predicted octanol–water partition coefficient (Wildman–Crippen LogP) is 3.97. The highest BCUT2D eigenvalue weighted by atomic mass is 79.9. The predicted molar refractivity (Wildman–Crippen MR) is 84.4 cm³/mol. The molecule has 0 radical (unpaired) electrons. The molecule has 3 rings (SSSR count). The molecule has 0 aromatic heterocycles. The summed E-state index contributed by atoms with van der Waals surface area (Å²) in [5.41, 5.74) is 7.31. The summed E-state index contributed by atoms with van der Waals surface area (Å²) in [7, 11) is 0. The molecule has 1 aliphatic rings. The lowest BCUT2D eigenvalue weighted by Crippen LogP contribution is -2.12. The van der Waals surface area contributed by atoms with E-state index in [-0.39, 0.29) is 6.04 Å². The van der Waals surface area contributed by atoms with E-state index in [0.717, 1.165) is 27.3 Å². The molecule has 20 heavy (non-hydrogen) atoms. The number of hydrogen-bond acceptors (Lipinski definition) is 4. The molecule has 1 unspecified atom stereocenters. The third kappa shape index (κ3) is 3.11. The van der Waals surface area contributed by atoms with Crippen LogP contribution in [0.25, 0.3) is 0 Å². The lowest BCUT2D eigenvalue weighted by Gasteiger charge is -2.12. The van der Waals surface area contributed by atoms with Crippen molar-refractivity contribution in [1.82, 2.24) is 0 Å². The monoisotopic (exact) mass is 351 g/mol. The van der Waals surface area contributed by atoms with E-state index in [0.29, 0.717) is 6.79 Å². The summed E-state index contributed by atoms with van der Waals surface area (Å²) in [6.45, 7) is 0.292. The van der Waals surface area contributed by atoms with Crippen molar-refractivity contribution >= 4 is 27.7 Å². The summed E-state index contributed by atoms with van der Waals surface area (Å²) in [6.07, 6.45) is 0. The van der Waals surface area contributed by atoms with Crippen LogP contribution in [0.2, 0.25) is 0 Å². The topological polar surface area (TPSA) is 44.5 Å². The van der Waals surface area contributed by atoms with Gasteiger partial charge in [-0.15, -0.1) is 11.8 Å². The summed E-state index contributed by atoms with van der Waals surface area (Å²) in [4.78, 5) is 1.20. The molecule has 2 aromatic rings. The largest absolute Gasteiger partial charge is 0.454 e. The molecule has 0 fully saturated rings. The zero-order valence-electron chi connectivity index (χ0n) is 10.7. The van der Waals surface area contributed by atoms with Crippen molar-refractivity contribution in [2.75, 3.05) is 12.5 Å². The average molecular weight is 352 g/mol. The SMILES string of the molecule is NC(CSc1cccc(Br)c1)c1ccc2c(c1)OCO2. The molecule has 2 aromatic carbocycles. The van der Waals surface area contributed by atoms with Gasteiger partial charge in [0.15, 0.2) is 11.5 Å². The molecule has 104 valence electrons. The molecule has 3 nitrogen and oxygen atoms in total. The van der Waals surface area contributed by atoms with E-state index in [2.05, 4.69) is 28.1 Å². The zero-order valence-corrected chi connectivity index (χ0v) is 13.1. The van der Waals surface area contributed by atoms with Crippen LogP contribution in [0.15, 0.2) is 51.8 Å². The Bertz CT molecular complexity index is 621. The molecule has 1 aliphatic heterocycles. The number of benzene rings is 2. The van der Waals surface area contributed by atoms with Crippen molar-refractivity contribution in [3.63, 3.8) is 0 Å². The van der Waals surface area contributed by atoms with Gasteiger partial charge in [-0.25, -0.2) is 0 Å². The minimum atomic E-state index is -0.0338. The third-order valence-electron chi connectivity index (χ3n) is 3.05. The Hall–Kier alpha value is -1.17. The van der Waals surface area contributed by atoms with Gasteiger partial charge in [-0.2, -0.15) is 0 Å². The van der Waals surface area contributed by atoms with Crippen LogP contribution in [0.3, 0.4) is 0 Å². The van der Waals surface area contributed by atoms with Gasteiger partial charge in [0.1, 0.15) is 0 Å². The molecule has 1 heterocycles. The van der Waals surface area contributed by atoms with Crippen molar-refractivity contribution in [2.24, 2.45) is 5.73 Å². The number of halogens is 1. The quantitative estimate of drug-likeness (QED) is 0.846. The van der Waals surface area contributed by atoms with Crippen molar-refractivity contribution < 1.29 is 9.47 Å². The van der Waals surface area contributed by atoms with Gasteiger partial charge < -0.3 is 15.2 Å². The van der Waals surface area contributed by atoms with Gasteiger partial charge in [-0.3, -0.25) is 0 Å². The first-order chi connectivity index (χ1) is 9.72. The van der Waals surface area contributed by atoms with Crippen LogP contribution >= 0.6 is 27.7 Å². The highest BCUT2D eigenvalue weighted by molar-refractivity contribution is 9.10. The van der Waals surface area contributed by atoms with Crippen molar-refractivity contribution in [1.29, 1.82) is 0 Å². The molecular weight excluding hydrogens is 338 g/mol. The molecule has 0 amide bonds. The Morgan fingerprint density at radius 3 is 2.85 bits per heavy atom. The molecule has 0 spiro atoms. The molecule has 5 heteroatoms. The third-order valence-corrected chi connectivity index (χ3v) is 4.66. The van der Waals surface area contributed by atoms with E-state index in [1.165, 1.54) is 4.90 Å². The maximum Gasteiger partial charge on any atom is 0.231 e. The normalized spacial score (nSPS) is 14.3. The van der Waals surface area contributed by atoms with Gasteiger partial charge in [0.05, 0.1) is 0 Å². The van der Waals surface area contributed by atoms with E-state index < -0.39 is 0 Å². The molecular formula is C15H14BrNO2S. The first-order valence-electron chi connectivity index (χ1n) is 6.26. The number of thioether (sulfide) groups is 1. The summed E-state index contributed by atoms with van der Waals surface area (Å²) < 4.78 is 11.8. The van der Waals surface area contributed by atoms with E-state index in [1.807, 2.05) is 30.3 Å². The maximum atomic E-state index is 6.25. The lowest BCUT2D eigenvalue weighted by atomic mass is 10.1. The van der Waals surface area contributed by atoms with E-state index in [1.54, 1.807) is 11.8 Å². The van der Waals surface area contributed by atoms with Crippen LogP contribution in [0.4, 0.5) is 0 Å². The minimum Gasteiger partial charge on any atom is -0.454 e. The smallest absolute Gasteiger partial charge is 0.231 e. The molecule has 2 N–H and O–H groups in total. The standard InChI is InChI=1S/C15H14BrNO2S/c16-11-2-1-3-12(7-11)20-8-13(17)10-4-5-14-15(6-10)19-9-18-14/h1-7,13H,8-9,17H2. The van der Waals surface area contributed by atoms with Gasteiger partial charge in [-0.1, -0.05) is 28.1 Å². The van der Waals surface area contributed by atoms with Crippen molar-refractivity contribution in [3.8, 4) is 11.5 Å². The Kier molecular flexibility index (Phi) is 4.19. The van der Waals surface area contributed by atoms with Crippen molar-refractivity contribution in [2.45, 2.75) is 10.9 Å². The van der Waals surface area contributed by atoms with Crippen LogP contribution in [-0.2, 0) is 0 Å². The number of fused-ring (bicyclic) bond motifs is 1. The summed E-state index contributed by atoms with van der Waals surface area (Å²) in [6, 6.07) is 14.1. The Labute approximate surface area is 130 Å². The fraction of sp³-hybridized carbons (Fsp3) is 0.200. The van der Waals surface area contributed by atoms with Gasteiger partial charge in [0, 0.05) is 21.2 Å². The fourth-order valence-electron chi connectivity index (χ4n) is 1.98. The molecule has 1 atom stereocenters. The number of rotatable bonds is 4. The Morgan fingerprint density at radius 1 is 1.15 bits per heavy atom. The summed E-state index contributed by atoms with van der Waals surface area (Å²) in [5, 5.41) is 0. The minimum absolute atomic E-state index is 0.0338. The molecule has 0 bridgehead atoms. The number of ether oxygens (including phenoxy) is 2.